The Bertz CT molecular complexity index is 218. The summed E-state index contributed by atoms with van der Waals surface area (Å²) in [5, 5.41) is 0. The van der Waals surface area contributed by atoms with Crippen molar-refractivity contribution in [3.8, 4) is 0 Å². The minimum atomic E-state index is -1.27. The molecule has 1 saturated heterocycles. The summed E-state index contributed by atoms with van der Waals surface area (Å²) in [5.41, 5.74) is -0.920. The predicted octanol–water partition coefficient (Wildman–Crippen LogP) is 3.29. The minimum absolute atomic E-state index is 0.348. The zero-order chi connectivity index (χ0) is 13.4. The highest BCUT2D eigenvalue weighted by atomic mass is 35.5. The van der Waals surface area contributed by atoms with Gasteiger partial charge in [-0.1, -0.05) is 38.3 Å². The van der Waals surface area contributed by atoms with Crippen LogP contribution in [-0.2, 0) is 14.2 Å². The van der Waals surface area contributed by atoms with Crippen molar-refractivity contribution in [1.82, 2.24) is 0 Å². The van der Waals surface area contributed by atoms with E-state index in [2.05, 4.69) is 13.8 Å². The van der Waals surface area contributed by atoms with Gasteiger partial charge in [0.25, 0.3) is 0 Å². The van der Waals surface area contributed by atoms with Crippen molar-refractivity contribution >= 4 is 11.6 Å². The van der Waals surface area contributed by atoms with Gasteiger partial charge in [0.15, 0.2) is 11.7 Å². The van der Waals surface area contributed by atoms with E-state index in [1.165, 1.54) is 0 Å². The average Bonchev–Trinajstić information content (AvgIpc) is 2.63. The highest BCUT2D eigenvalue weighted by Gasteiger charge is 2.45. The van der Waals surface area contributed by atoms with Crippen LogP contribution in [0.3, 0.4) is 0 Å². The van der Waals surface area contributed by atoms with E-state index in [9.17, 15) is 4.39 Å². The molecular weight excluding hydrogens is 259 g/mol. The summed E-state index contributed by atoms with van der Waals surface area (Å²) in [5.74, 6) is 0. The van der Waals surface area contributed by atoms with E-state index in [4.69, 9.17) is 25.8 Å². The highest BCUT2D eigenvalue weighted by Crippen LogP contribution is 2.29. The van der Waals surface area contributed by atoms with E-state index in [0.717, 1.165) is 25.7 Å². The molecule has 1 aliphatic rings. The van der Waals surface area contributed by atoms with Gasteiger partial charge in [0.2, 0.25) is 0 Å². The van der Waals surface area contributed by atoms with E-state index in [0.29, 0.717) is 19.8 Å². The molecule has 0 radical (unpaired) electrons. The van der Waals surface area contributed by atoms with Crippen LogP contribution in [0.15, 0.2) is 0 Å². The van der Waals surface area contributed by atoms with Gasteiger partial charge in [0, 0.05) is 13.2 Å². The van der Waals surface area contributed by atoms with Crippen molar-refractivity contribution in [2.45, 2.75) is 63.5 Å². The van der Waals surface area contributed by atoms with E-state index in [1.54, 1.807) is 0 Å². The van der Waals surface area contributed by atoms with Crippen LogP contribution in [0.4, 0.5) is 4.39 Å². The monoisotopic (exact) mass is 282 g/mol. The quantitative estimate of drug-likeness (QED) is 0.480. The van der Waals surface area contributed by atoms with Crippen LogP contribution < -0.4 is 0 Å². The van der Waals surface area contributed by atoms with Gasteiger partial charge in [-0.25, -0.2) is 4.39 Å². The maximum atomic E-state index is 13.8. The number of hydrogen-bond acceptors (Lipinski definition) is 3. The molecule has 1 fully saturated rings. The fraction of sp³-hybridized carbons (Fsp3) is 1.00. The molecule has 0 aromatic rings. The number of halogens is 2. The van der Waals surface area contributed by atoms with Crippen LogP contribution in [0.1, 0.15) is 39.5 Å². The Morgan fingerprint density at radius 3 is 2.50 bits per heavy atom. The van der Waals surface area contributed by atoms with E-state index in [1.807, 2.05) is 0 Å². The Morgan fingerprint density at radius 1 is 1.17 bits per heavy atom. The third-order valence-corrected chi connectivity index (χ3v) is 3.31. The van der Waals surface area contributed by atoms with E-state index in [-0.39, 0.29) is 0 Å². The van der Waals surface area contributed by atoms with Crippen molar-refractivity contribution in [1.29, 1.82) is 0 Å². The molecule has 0 N–H and O–H groups in total. The summed E-state index contributed by atoms with van der Waals surface area (Å²) in [4.78, 5) is 0. The maximum absolute atomic E-state index is 13.8. The summed E-state index contributed by atoms with van der Waals surface area (Å²) in [6.07, 6.45) is 1.75. The van der Waals surface area contributed by atoms with E-state index >= 15 is 0 Å². The molecule has 0 aromatic heterocycles. The largest absolute Gasteiger partial charge is 0.379 e. The smallest absolute Gasteiger partial charge is 0.169 e. The summed E-state index contributed by atoms with van der Waals surface area (Å²) in [6, 6.07) is 0. The Kier molecular flexibility index (Phi) is 8.15. The Balaban J connectivity index is 2.32. The topological polar surface area (TPSA) is 27.7 Å². The van der Waals surface area contributed by atoms with Crippen LogP contribution in [0, 0.1) is 0 Å². The van der Waals surface area contributed by atoms with Gasteiger partial charge in [0.1, 0.15) is 12.2 Å². The number of ether oxygens (including phenoxy) is 3. The fourth-order valence-corrected chi connectivity index (χ4v) is 2.09. The Morgan fingerprint density at radius 2 is 1.83 bits per heavy atom. The van der Waals surface area contributed by atoms with Gasteiger partial charge < -0.3 is 14.2 Å². The maximum Gasteiger partial charge on any atom is 0.169 e. The molecule has 5 heteroatoms. The summed E-state index contributed by atoms with van der Waals surface area (Å²) >= 11 is 5.77. The van der Waals surface area contributed by atoms with Crippen LogP contribution in [0.2, 0.25) is 0 Å². The lowest BCUT2D eigenvalue weighted by Crippen LogP contribution is -2.35. The predicted molar refractivity (Wildman–Crippen MR) is 69.8 cm³/mol. The third-order valence-electron chi connectivity index (χ3n) is 2.97. The molecular formula is C13H24ClFO3. The van der Waals surface area contributed by atoms with Crippen molar-refractivity contribution in [2.24, 2.45) is 0 Å². The standard InChI is InChI=1S/C13H24ClFO3/c1-3-5-7-16-9-10-12(17-8-6-4-2)11(15)13(14)18-10/h10-13H,3-9H2,1-2H3/t10-,11+,12?,13-/m1/s1. The van der Waals surface area contributed by atoms with Crippen molar-refractivity contribution < 1.29 is 18.6 Å². The van der Waals surface area contributed by atoms with Crippen LogP contribution >= 0.6 is 11.6 Å². The molecule has 1 aliphatic heterocycles. The molecule has 1 heterocycles. The first-order valence-electron chi connectivity index (χ1n) is 6.83. The van der Waals surface area contributed by atoms with Crippen molar-refractivity contribution in [2.75, 3.05) is 19.8 Å². The normalized spacial score (nSPS) is 32.0. The number of unbranched alkanes of at least 4 members (excludes halogenated alkanes) is 2. The van der Waals surface area contributed by atoms with Gasteiger partial charge >= 0.3 is 0 Å². The van der Waals surface area contributed by atoms with Crippen molar-refractivity contribution in [3.63, 3.8) is 0 Å². The summed E-state index contributed by atoms with van der Waals surface area (Å²) in [7, 11) is 0. The van der Waals surface area contributed by atoms with Gasteiger partial charge in [-0.05, 0) is 12.8 Å². The molecule has 3 nitrogen and oxygen atoms in total. The van der Waals surface area contributed by atoms with Gasteiger partial charge in [0.05, 0.1) is 6.61 Å². The zero-order valence-corrected chi connectivity index (χ0v) is 12.0. The molecule has 0 amide bonds. The van der Waals surface area contributed by atoms with Crippen LogP contribution in [0.25, 0.3) is 0 Å². The first-order chi connectivity index (χ1) is 8.70. The SMILES string of the molecule is CCCCOC[C@H]1O[C@@H](Cl)[C@@H](F)C1OCCCC. The second-order valence-electron chi connectivity index (χ2n) is 4.59. The molecule has 1 unspecified atom stereocenters. The first kappa shape index (κ1) is 16.2. The van der Waals surface area contributed by atoms with Crippen LogP contribution in [-0.4, -0.2) is 43.8 Å². The lowest BCUT2D eigenvalue weighted by molar-refractivity contribution is -0.0607. The summed E-state index contributed by atoms with van der Waals surface area (Å²) < 4.78 is 30.1. The molecule has 108 valence electrons. The molecule has 18 heavy (non-hydrogen) atoms. The Hall–Kier alpha value is 0.1000. The van der Waals surface area contributed by atoms with E-state index < -0.39 is 23.9 Å². The Labute approximate surface area is 114 Å². The first-order valence-corrected chi connectivity index (χ1v) is 7.27. The molecule has 1 rings (SSSR count). The third kappa shape index (κ3) is 5.00. The van der Waals surface area contributed by atoms with Crippen LogP contribution in [0.5, 0.6) is 0 Å². The number of alkyl halides is 2. The molecule has 0 spiro atoms. The fourth-order valence-electron chi connectivity index (χ4n) is 1.82. The lowest BCUT2D eigenvalue weighted by Gasteiger charge is -2.19. The van der Waals surface area contributed by atoms with Gasteiger partial charge in [-0.2, -0.15) is 0 Å². The molecule has 0 aromatic carbocycles. The van der Waals surface area contributed by atoms with Crippen molar-refractivity contribution in [3.05, 3.63) is 0 Å². The average molecular weight is 283 g/mol. The second-order valence-corrected chi connectivity index (χ2v) is 5.02. The molecule has 0 saturated carbocycles. The summed E-state index contributed by atoms with van der Waals surface area (Å²) in [6.45, 7) is 5.72. The minimum Gasteiger partial charge on any atom is -0.379 e. The molecule has 4 atom stereocenters. The number of rotatable bonds is 9. The highest BCUT2D eigenvalue weighted by molar-refractivity contribution is 6.20. The second kappa shape index (κ2) is 9.08. The zero-order valence-electron chi connectivity index (χ0n) is 11.2. The lowest BCUT2D eigenvalue weighted by atomic mass is 10.1. The number of hydrogen-bond donors (Lipinski definition) is 0. The molecule has 0 aliphatic carbocycles. The molecule has 0 bridgehead atoms. The van der Waals surface area contributed by atoms with Gasteiger partial charge in [-0.3, -0.25) is 0 Å². The van der Waals surface area contributed by atoms with Gasteiger partial charge in [-0.15, -0.1) is 0 Å².